The van der Waals surface area contributed by atoms with Crippen LogP contribution in [0.5, 0.6) is 0 Å². The van der Waals surface area contributed by atoms with Gasteiger partial charge in [0, 0.05) is 12.7 Å². The molecule has 16 heavy (non-hydrogen) atoms. The molecule has 0 radical (unpaired) electrons. The van der Waals surface area contributed by atoms with E-state index in [1.165, 1.54) is 25.1 Å². The van der Waals surface area contributed by atoms with Crippen LogP contribution in [0.2, 0.25) is 0 Å². The number of rotatable bonds is 5. The predicted octanol–water partition coefficient (Wildman–Crippen LogP) is 2.24. The first-order chi connectivity index (χ1) is 7.66. The molecule has 1 heterocycles. The molecule has 1 unspecified atom stereocenters. The Labute approximate surface area is 94.7 Å². The molecular weight excluding hydrogens is 204 g/mol. The van der Waals surface area contributed by atoms with Crippen molar-refractivity contribution in [1.29, 1.82) is 0 Å². The average molecular weight is 220 g/mol. The van der Waals surface area contributed by atoms with Gasteiger partial charge in [-0.05, 0) is 36.8 Å². The zero-order valence-corrected chi connectivity index (χ0v) is 9.31. The minimum atomic E-state index is -0.916. The first-order valence-electron chi connectivity index (χ1n) is 5.60. The summed E-state index contributed by atoms with van der Waals surface area (Å²) in [4.78, 5) is 14.9. The maximum absolute atomic E-state index is 10.8. The SMILES string of the molecule is CC(CNc1cc(C(=O)O)ccn1)C1CC1. The maximum Gasteiger partial charge on any atom is 0.335 e. The lowest BCUT2D eigenvalue weighted by Crippen LogP contribution is -2.14. The lowest BCUT2D eigenvalue weighted by molar-refractivity contribution is 0.0697. The van der Waals surface area contributed by atoms with Crippen LogP contribution in [0.15, 0.2) is 18.3 Å². The minimum absolute atomic E-state index is 0.275. The normalized spacial score (nSPS) is 16.8. The summed E-state index contributed by atoms with van der Waals surface area (Å²) in [5.41, 5.74) is 0.275. The number of carboxylic acids is 1. The second-order valence-corrected chi connectivity index (χ2v) is 4.43. The van der Waals surface area contributed by atoms with Gasteiger partial charge in [-0.25, -0.2) is 9.78 Å². The molecule has 1 saturated carbocycles. The Hall–Kier alpha value is -1.58. The average Bonchev–Trinajstić information content (AvgIpc) is 3.10. The molecule has 0 amide bonds. The van der Waals surface area contributed by atoms with E-state index in [1.807, 2.05) is 0 Å². The van der Waals surface area contributed by atoms with Crippen molar-refractivity contribution in [1.82, 2.24) is 4.98 Å². The Morgan fingerprint density at radius 2 is 2.44 bits per heavy atom. The topological polar surface area (TPSA) is 62.2 Å². The molecule has 1 aliphatic carbocycles. The van der Waals surface area contributed by atoms with Crippen LogP contribution >= 0.6 is 0 Å². The summed E-state index contributed by atoms with van der Waals surface area (Å²) < 4.78 is 0. The van der Waals surface area contributed by atoms with Gasteiger partial charge in [0.25, 0.3) is 0 Å². The monoisotopic (exact) mass is 220 g/mol. The predicted molar refractivity (Wildman–Crippen MR) is 61.6 cm³/mol. The standard InChI is InChI=1S/C12H16N2O2/c1-8(9-2-3-9)7-14-11-6-10(12(15)16)4-5-13-11/h4-6,8-9H,2-3,7H2,1H3,(H,13,14)(H,15,16). The maximum atomic E-state index is 10.8. The third-order valence-electron chi connectivity index (χ3n) is 3.04. The highest BCUT2D eigenvalue weighted by molar-refractivity contribution is 5.88. The molecule has 0 aliphatic heterocycles. The van der Waals surface area contributed by atoms with Crippen LogP contribution in [0.3, 0.4) is 0 Å². The quantitative estimate of drug-likeness (QED) is 0.798. The van der Waals surface area contributed by atoms with Crippen molar-refractivity contribution in [2.45, 2.75) is 19.8 Å². The van der Waals surface area contributed by atoms with Crippen LogP contribution in [-0.4, -0.2) is 22.6 Å². The molecule has 4 heteroatoms. The fraction of sp³-hybridized carbons (Fsp3) is 0.500. The molecule has 1 atom stereocenters. The van der Waals surface area contributed by atoms with E-state index in [9.17, 15) is 4.79 Å². The summed E-state index contributed by atoms with van der Waals surface area (Å²) >= 11 is 0. The zero-order valence-electron chi connectivity index (χ0n) is 9.31. The molecule has 0 bridgehead atoms. The van der Waals surface area contributed by atoms with Gasteiger partial charge in [-0.1, -0.05) is 6.92 Å². The van der Waals surface area contributed by atoms with Crippen LogP contribution in [-0.2, 0) is 0 Å². The van der Waals surface area contributed by atoms with Crippen LogP contribution in [0.25, 0.3) is 0 Å². The second-order valence-electron chi connectivity index (χ2n) is 4.43. The van der Waals surface area contributed by atoms with E-state index < -0.39 is 5.97 Å². The largest absolute Gasteiger partial charge is 0.478 e. The molecule has 1 aromatic heterocycles. The minimum Gasteiger partial charge on any atom is -0.478 e. The Bertz CT molecular complexity index is 388. The molecular formula is C12H16N2O2. The summed E-state index contributed by atoms with van der Waals surface area (Å²) in [6, 6.07) is 3.07. The zero-order chi connectivity index (χ0) is 11.5. The van der Waals surface area contributed by atoms with Crippen molar-refractivity contribution in [2.75, 3.05) is 11.9 Å². The summed E-state index contributed by atoms with van der Waals surface area (Å²) in [5.74, 6) is 1.21. The van der Waals surface area contributed by atoms with E-state index in [1.54, 1.807) is 6.07 Å². The number of hydrogen-bond acceptors (Lipinski definition) is 3. The van der Waals surface area contributed by atoms with Crippen molar-refractivity contribution in [3.8, 4) is 0 Å². The third kappa shape index (κ3) is 2.72. The van der Waals surface area contributed by atoms with Gasteiger partial charge < -0.3 is 10.4 Å². The van der Waals surface area contributed by atoms with E-state index in [0.717, 1.165) is 12.5 Å². The molecule has 2 rings (SSSR count). The van der Waals surface area contributed by atoms with E-state index in [-0.39, 0.29) is 5.56 Å². The lowest BCUT2D eigenvalue weighted by atomic mass is 10.1. The molecule has 1 aromatic rings. The molecule has 0 spiro atoms. The first kappa shape index (κ1) is 10.9. The highest BCUT2D eigenvalue weighted by atomic mass is 16.4. The van der Waals surface area contributed by atoms with Gasteiger partial charge in [-0.15, -0.1) is 0 Å². The van der Waals surface area contributed by atoms with Gasteiger partial charge in [0.05, 0.1) is 5.56 Å². The number of carbonyl (C=O) groups is 1. The molecule has 2 N–H and O–H groups in total. The summed E-state index contributed by atoms with van der Waals surface area (Å²) in [7, 11) is 0. The van der Waals surface area contributed by atoms with Gasteiger partial charge in [0.2, 0.25) is 0 Å². The number of carboxylic acid groups (broad SMARTS) is 1. The Kier molecular flexibility index (Phi) is 3.08. The molecule has 86 valence electrons. The Morgan fingerprint density at radius 3 is 3.06 bits per heavy atom. The number of hydrogen-bond donors (Lipinski definition) is 2. The Balaban J connectivity index is 1.92. The van der Waals surface area contributed by atoms with E-state index >= 15 is 0 Å². The van der Waals surface area contributed by atoms with Crippen molar-refractivity contribution >= 4 is 11.8 Å². The fourth-order valence-corrected chi connectivity index (χ4v) is 1.76. The van der Waals surface area contributed by atoms with E-state index in [4.69, 9.17) is 5.11 Å². The van der Waals surface area contributed by atoms with Gasteiger partial charge in [0.15, 0.2) is 0 Å². The summed E-state index contributed by atoms with van der Waals surface area (Å²) in [6.07, 6.45) is 4.17. The summed E-state index contributed by atoms with van der Waals surface area (Å²) in [5, 5.41) is 12.0. The molecule has 1 fully saturated rings. The number of anilines is 1. The highest BCUT2D eigenvalue weighted by Gasteiger charge is 2.27. The molecule has 0 aromatic carbocycles. The van der Waals surface area contributed by atoms with Crippen LogP contribution in [0.4, 0.5) is 5.82 Å². The fourth-order valence-electron chi connectivity index (χ4n) is 1.76. The number of aromatic carboxylic acids is 1. The van der Waals surface area contributed by atoms with Crippen LogP contribution in [0.1, 0.15) is 30.1 Å². The van der Waals surface area contributed by atoms with E-state index in [2.05, 4.69) is 17.2 Å². The van der Waals surface area contributed by atoms with Gasteiger partial charge in [-0.3, -0.25) is 0 Å². The van der Waals surface area contributed by atoms with Crippen molar-refractivity contribution in [3.63, 3.8) is 0 Å². The molecule has 0 saturated heterocycles. The number of nitrogens with one attached hydrogen (secondary N) is 1. The lowest BCUT2D eigenvalue weighted by Gasteiger charge is -2.11. The van der Waals surface area contributed by atoms with Crippen LogP contribution < -0.4 is 5.32 Å². The van der Waals surface area contributed by atoms with Gasteiger partial charge in [0.1, 0.15) is 5.82 Å². The van der Waals surface area contributed by atoms with Gasteiger partial charge in [-0.2, -0.15) is 0 Å². The van der Waals surface area contributed by atoms with Crippen LogP contribution in [0, 0.1) is 11.8 Å². The van der Waals surface area contributed by atoms with Gasteiger partial charge >= 0.3 is 5.97 Å². The second kappa shape index (κ2) is 4.51. The molecule has 4 nitrogen and oxygen atoms in total. The third-order valence-corrected chi connectivity index (χ3v) is 3.04. The van der Waals surface area contributed by atoms with Crippen molar-refractivity contribution in [3.05, 3.63) is 23.9 Å². The number of nitrogens with zero attached hydrogens (tertiary/aromatic N) is 1. The van der Waals surface area contributed by atoms with Crippen molar-refractivity contribution < 1.29 is 9.90 Å². The summed E-state index contributed by atoms with van der Waals surface area (Å²) in [6.45, 7) is 3.08. The Morgan fingerprint density at radius 1 is 1.69 bits per heavy atom. The highest BCUT2D eigenvalue weighted by Crippen LogP contribution is 2.36. The van der Waals surface area contributed by atoms with Crippen molar-refractivity contribution in [2.24, 2.45) is 11.8 Å². The molecule has 1 aliphatic rings. The smallest absolute Gasteiger partial charge is 0.335 e. The number of aromatic nitrogens is 1. The number of pyridine rings is 1. The van der Waals surface area contributed by atoms with E-state index in [0.29, 0.717) is 11.7 Å². The first-order valence-corrected chi connectivity index (χ1v) is 5.60.